The molecule has 0 spiro atoms. The molecule has 2 aliphatic rings. The lowest BCUT2D eigenvalue weighted by atomic mass is 10.0. The smallest absolute Gasteiger partial charge is 0.191 e. The van der Waals surface area contributed by atoms with Crippen molar-refractivity contribution in [2.75, 3.05) is 72.9 Å². The van der Waals surface area contributed by atoms with Crippen LogP contribution < -0.4 is 10.6 Å². The highest BCUT2D eigenvalue weighted by Gasteiger charge is 2.23. The average molecular weight is 371 g/mol. The standard InChI is InChI=1S/C19H38N4O3/c1-16(2)18(23-7-11-24-12-8-23)13-22-19(20-3)21-6-4-9-25-14-17-5-10-26-15-17/h16-18H,4-15H2,1-3H3,(H2,20,21,22). The van der Waals surface area contributed by atoms with Crippen LogP contribution in [0.3, 0.4) is 0 Å². The number of guanidine groups is 1. The van der Waals surface area contributed by atoms with Gasteiger partial charge in [-0.2, -0.15) is 0 Å². The molecule has 7 heteroatoms. The Kier molecular flexibility index (Phi) is 10.3. The van der Waals surface area contributed by atoms with Crippen molar-refractivity contribution in [3.8, 4) is 0 Å². The Bertz CT molecular complexity index is 394. The van der Waals surface area contributed by atoms with Crippen molar-refractivity contribution in [1.29, 1.82) is 0 Å². The van der Waals surface area contributed by atoms with Crippen molar-refractivity contribution in [2.24, 2.45) is 16.8 Å². The Labute approximate surface area is 158 Å². The zero-order valence-electron chi connectivity index (χ0n) is 16.8. The van der Waals surface area contributed by atoms with E-state index in [0.717, 1.165) is 84.6 Å². The molecule has 2 unspecified atom stereocenters. The van der Waals surface area contributed by atoms with E-state index < -0.39 is 0 Å². The molecule has 0 aromatic rings. The molecule has 0 bridgehead atoms. The fraction of sp³-hybridized carbons (Fsp3) is 0.947. The molecule has 2 aliphatic heterocycles. The molecule has 0 aromatic heterocycles. The fourth-order valence-corrected chi connectivity index (χ4v) is 3.46. The Morgan fingerprint density at radius 3 is 2.65 bits per heavy atom. The molecule has 2 saturated heterocycles. The predicted molar refractivity (Wildman–Crippen MR) is 105 cm³/mol. The maximum atomic E-state index is 5.74. The second-order valence-corrected chi connectivity index (χ2v) is 7.50. The minimum atomic E-state index is 0.495. The molecule has 152 valence electrons. The van der Waals surface area contributed by atoms with Crippen molar-refractivity contribution in [1.82, 2.24) is 15.5 Å². The molecule has 2 rings (SSSR count). The molecule has 0 aromatic carbocycles. The normalized spacial score (nSPS) is 23.4. The van der Waals surface area contributed by atoms with Crippen LogP contribution in [0.1, 0.15) is 26.7 Å². The Balaban J connectivity index is 1.58. The van der Waals surface area contributed by atoms with Gasteiger partial charge in [-0.3, -0.25) is 9.89 Å². The van der Waals surface area contributed by atoms with Crippen LogP contribution in [0.15, 0.2) is 4.99 Å². The zero-order valence-corrected chi connectivity index (χ0v) is 16.8. The van der Waals surface area contributed by atoms with Gasteiger partial charge in [-0.25, -0.2) is 0 Å². The predicted octanol–water partition coefficient (Wildman–Crippen LogP) is 0.951. The SMILES string of the molecule is CN=C(NCCCOCC1CCOC1)NCC(C(C)C)N1CCOCC1. The lowest BCUT2D eigenvalue weighted by Gasteiger charge is -2.37. The number of morpholine rings is 1. The van der Waals surface area contributed by atoms with Gasteiger partial charge in [0.1, 0.15) is 0 Å². The van der Waals surface area contributed by atoms with E-state index in [2.05, 4.69) is 34.4 Å². The summed E-state index contributed by atoms with van der Waals surface area (Å²) in [5, 5.41) is 6.87. The molecule has 2 fully saturated rings. The summed E-state index contributed by atoms with van der Waals surface area (Å²) < 4.78 is 16.6. The molecule has 7 nitrogen and oxygen atoms in total. The summed E-state index contributed by atoms with van der Waals surface area (Å²) in [5.74, 6) is 2.05. The third-order valence-corrected chi connectivity index (χ3v) is 5.12. The highest BCUT2D eigenvalue weighted by Crippen LogP contribution is 2.13. The van der Waals surface area contributed by atoms with Gasteiger partial charge in [-0.15, -0.1) is 0 Å². The molecule has 26 heavy (non-hydrogen) atoms. The first-order valence-corrected chi connectivity index (χ1v) is 10.1. The first kappa shape index (κ1) is 21.4. The largest absolute Gasteiger partial charge is 0.381 e. The highest BCUT2D eigenvalue weighted by atomic mass is 16.5. The molecule has 2 atom stereocenters. The van der Waals surface area contributed by atoms with Gasteiger partial charge < -0.3 is 24.8 Å². The van der Waals surface area contributed by atoms with Crippen molar-refractivity contribution in [2.45, 2.75) is 32.7 Å². The summed E-state index contributed by atoms with van der Waals surface area (Å²) in [6.07, 6.45) is 2.11. The number of hydrogen-bond donors (Lipinski definition) is 2. The lowest BCUT2D eigenvalue weighted by Crippen LogP contribution is -2.52. The van der Waals surface area contributed by atoms with Gasteiger partial charge in [0, 0.05) is 58.4 Å². The first-order valence-electron chi connectivity index (χ1n) is 10.1. The number of hydrogen-bond acceptors (Lipinski definition) is 5. The van der Waals surface area contributed by atoms with Crippen molar-refractivity contribution < 1.29 is 14.2 Å². The van der Waals surface area contributed by atoms with Crippen LogP contribution in [0.25, 0.3) is 0 Å². The lowest BCUT2D eigenvalue weighted by molar-refractivity contribution is 0.00752. The average Bonchev–Trinajstić information content (AvgIpc) is 3.17. The van der Waals surface area contributed by atoms with E-state index in [1.54, 1.807) is 0 Å². The zero-order chi connectivity index (χ0) is 18.6. The summed E-state index contributed by atoms with van der Waals surface area (Å²) in [5.41, 5.74) is 0. The number of nitrogens with one attached hydrogen (secondary N) is 2. The third-order valence-electron chi connectivity index (χ3n) is 5.12. The minimum absolute atomic E-state index is 0.495. The van der Waals surface area contributed by atoms with E-state index in [0.29, 0.717) is 17.9 Å². The van der Waals surface area contributed by atoms with E-state index in [1.807, 2.05) is 7.05 Å². The molecule has 0 radical (unpaired) electrons. The van der Waals surface area contributed by atoms with Gasteiger partial charge in [0.2, 0.25) is 0 Å². The topological polar surface area (TPSA) is 67.4 Å². The molecular weight excluding hydrogens is 332 g/mol. The third kappa shape index (κ3) is 7.78. The van der Waals surface area contributed by atoms with Gasteiger partial charge in [0.25, 0.3) is 0 Å². The van der Waals surface area contributed by atoms with Gasteiger partial charge in [0.15, 0.2) is 5.96 Å². The number of rotatable bonds is 10. The van der Waals surface area contributed by atoms with Crippen molar-refractivity contribution in [3.05, 3.63) is 0 Å². The number of ether oxygens (including phenoxy) is 3. The van der Waals surface area contributed by atoms with Gasteiger partial charge >= 0.3 is 0 Å². The summed E-state index contributed by atoms with van der Waals surface area (Å²) in [6, 6.07) is 0.495. The van der Waals surface area contributed by atoms with E-state index in [1.165, 1.54) is 0 Å². The van der Waals surface area contributed by atoms with Crippen LogP contribution in [0.5, 0.6) is 0 Å². The van der Waals surface area contributed by atoms with Crippen LogP contribution in [0.2, 0.25) is 0 Å². The number of aliphatic imine (C=N–C) groups is 1. The van der Waals surface area contributed by atoms with E-state index >= 15 is 0 Å². The highest BCUT2D eigenvalue weighted by molar-refractivity contribution is 5.79. The quantitative estimate of drug-likeness (QED) is 0.339. The first-order chi connectivity index (χ1) is 12.7. The van der Waals surface area contributed by atoms with Crippen LogP contribution in [-0.4, -0.2) is 89.8 Å². The monoisotopic (exact) mass is 370 g/mol. The van der Waals surface area contributed by atoms with Gasteiger partial charge in [-0.05, 0) is 18.8 Å². The second kappa shape index (κ2) is 12.5. The van der Waals surface area contributed by atoms with E-state index in [-0.39, 0.29) is 0 Å². The molecule has 0 aliphatic carbocycles. The molecule has 0 amide bonds. The Morgan fingerprint density at radius 1 is 1.19 bits per heavy atom. The molecule has 2 N–H and O–H groups in total. The fourth-order valence-electron chi connectivity index (χ4n) is 3.46. The van der Waals surface area contributed by atoms with Crippen molar-refractivity contribution >= 4 is 5.96 Å². The summed E-state index contributed by atoms with van der Waals surface area (Å²) in [7, 11) is 1.82. The van der Waals surface area contributed by atoms with Crippen molar-refractivity contribution in [3.63, 3.8) is 0 Å². The van der Waals surface area contributed by atoms with Gasteiger partial charge in [0.05, 0.1) is 26.4 Å². The van der Waals surface area contributed by atoms with Crippen LogP contribution in [0, 0.1) is 11.8 Å². The second-order valence-electron chi connectivity index (χ2n) is 7.50. The Hall–Kier alpha value is -0.890. The van der Waals surface area contributed by atoms with Crippen LogP contribution >= 0.6 is 0 Å². The van der Waals surface area contributed by atoms with Crippen LogP contribution in [-0.2, 0) is 14.2 Å². The maximum Gasteiger partial charge on any atom is 0.191 e. The van der Waals surface area contributed by atoms with Crippen LogP contribution in [0.4, 0.5) is 0 Å². The molecule has 2 heterocycles. The van der Waals surface area contributed by atoms with E-state index in [9.17, 15) is 0 Å². The molecular formula is C19H38N4O3. The summed E-state index contributed by atoms with van der Waals surface area (Å²) in [6.45, 7) is 13.4. The maximum absolute atomic E-state index is 5.74. The minimum Gasteiger partial charge on any atom is -0.381 e. The summed E-state index contributed by atoms with van der Waals surface area (Å²) in [4.78, 5) is 6.86. The number of nitrogens with zero attached hydrogens (tertiary/aromatic N) is 2. The summed E-state index contributed by atoms with van der Waals surface area (Å²) >= 11 is 0. The Morgan fingerprint density at radius 2 is 2.00 bits per heavy atom. The molecule has 0 saturated carbocycles. The van der Waals surface area contributed by atoms with Gasteiger partial charge in [-0.1, -0.05) is 13.8 Å². The van der Waals surface area contributed by atoms with E-state index in [4.69, 9.17) is 14.2 Å².